The van der Waals surface area contributed by atoms with E-state index in [1.54, 1.807) is 14.0 Å². The number of sulfonamides is 1. The Bertz CT molecular complexity index is 1140. The molecule has 8 nitrogen and oxygen atoms in total. The summed E-state index contributed by atoms with van der Waals surface area (Å²) in [5.41, 5.74) is 5.25. The maximum Gasteiger partial charge on any atom is 0.416 e. The number of halogens is 3. The number of piperidine rings is 1. The van der Waals surface area contributed by atoms with Crippen molar-refractivity contribution < 1.29 is 26.3 Å². The van der Waals surface area contributed by atoms with Crippen LogP contribution in [0.2, 0.25) is 0 Å². The molecule has 1 unspecified atom stereocenters. The summed E-state index contributed by atoms with van der Waals surface area (Å²) in [4.78, 5) is 2.53. The van der Waals surface area contributed by atoms with E-state index < -0.39 is 21.8 Å². The van der Waals surface area contributed by atoms with Crippen molar-refractivity contribution in [3.8, 4) is 11.3 Å². The summed E-state index contributed by atoms with van der Waals surface area (Å²) in [6.07, 6.45) is -1.02. The summed E-state index contributed by atoms with van der Waals surface area (Å²) < 4.78 is 68.9. The number of anilines is 2. The van der Waals surface area contributed by atoms with Crippen LogP contribution >= 0.6 is 0 Å². The zero-order valence-corrected chi connectivity index (χ0v) is 22.4. The highest BCUT2D eigenvalue weighted by molar-refractivity contribution is 7.92. The number of aryl methyl sites for hydroxylation is 1. The third-order valence-corrected chi connectivity index (χ3v) is 6.39. The van der Waals surface area contributed by atoms with Gasteiger partial charge in [-0.05, 0) is 69.8 Å². The molecule has 3 N–H and O–H groups in total. The molecular weight excluding hydrogens is 495 g/mol. The Morgan fingerprint density at radius 3 is 2.42 bits per heavy atom. The molecule has 12 heteroatoms. The van der Waals surface area contributed by atoms with Crippen molar-refractivity contribution in [2.45, 2.75) is 52.3 Å². The first-order valence-electron chi connectivity index (χ1n) is 11.6. The van der Waals surface area contributed by atoms with E-state index in [4.69, 9.17) is 10.5 Å². The Morgan fingerprint density at radius 1 is 1.22 bits per heavy atom. The fourth-order valence-electron chi connectivity index (χ4n) is 4.02. The van der Waals surface area contributed by atoms with Crippen molar-refractivity contribution in [3.05, 3.63) is 35.4 Å². The van der Waals surface area contributed by atoms with Crippen molar-refractivity contribution >= 4 is 21.5 Å². The van der Waals surface area contributed by atoms with Crippen LogP contribution in [0.1, 0.15) is 44.7 Å². The van der Waals surface area contributed by atoms with E-state index in [-0.39, 0.29) is 28.4 Å². The smallest absolute Gasteiger partial charge is 0.382 e. The lowest BCUT2D eigenvalue weighted by atomic mass is 9.98. The highest BCUT2D eigenvalue weighted by atomic mass is 32.2. The standard InChI is InChI=1S/C13H13F3N4O2S.C11H23NO/c1-7-5-11(17)18-19-12(7)9-4-3-8(13(14,15)16)6-10(9)20-23(2,21)22;1-10-6-5-7-12(8-10)9-11(2,3)13-4/h3-6,20H,1-2H3,(H2,17,18);10H,5-9H2,1-4H3. The van der Waals surface area contributed by atoms with Gasteiger partial charge in [0.1, 0.15) is 5.82 Å². The van der Waals surface area contributed by atoms with Gasteiger partial charge in [0.05, 0.1) is 28.8 Å². The first-order chi connectivity index (χ1) is 16.5. The van der Waals surface area contributed by atoms with Crippen LogP contribution in [0.15, 0.2) is 24.3 Å². The fraction of sp³-hybridized carbons (Fsp3) is 0.583. The number of nitrogens with two attached hydrogens (primary N) is 1. The Labute approximate surface area is 211 Å². The van der Waals surface area contributed by atoms with Gasteiger partial charge in [0.25, 0.3) is 0 Å². The Balaban J connectivity index is 0.000000297. The van der Waals surface area contributed by atoms with Crippen molar-refractivity contribution in [1.82, 2.24) is 15.1 Å². The SMILES string of the molecule is COC(C)(C)CN1CCCC(C)C1.Cc1cc(N)nnc1-c1ccc(C(F)(F)F)cc1NS(C)(=O)=O. The fourth-order valence-corrected chi connectivity index (χ4v) is 4.58. The maximum absolute atomic E-state index is 12.8. The molecule has 0 aliphatic carbocycles. The van der Waals surface area contributed by atoms with E-state index in [9.17, 15) is 21.6 Å². The van der Waals surface area contributed by atoms with Crippen molar-refractivity contribution in [2.24, 2.45) is 5.92 Å². The molecule has 0 saturated carbocycles. The minimum absolute atomic E-state index is 0.0110. The largest absolute Gasteiger partial charge is 0.416 e. The van der Waals surface area contributed by atoms with Gasteiger partial charge in [-0.2, -0.15) is 13.2 Å². The third-order valence-electron chi connectivity index (χ3n) is 5.80. The molecule has 2 heterocycles. The summed E-state index contributed by atoms with van der Waals surface area (Å²) in [7, 11) is -1.98. The number of nitrogens with zero attached hydrogens (tertiary/aromatic N) is 3. The average molecular weight is 532 g/mol. The predicted octanol–water partition coefficient (Wildman–Crippen LogP) is 4.57. The molecule has 0 amide bonds. The summed E-state index contributed by atoms with van der Waals surface area (Å²) in [6.45, 7) is 11.9. The molecule has 1 saturated heterocycles. The van der Waals surface area contributed by atoms with Crippen LogP contribution < -0.4 is 10.5 Å². The number of nitrogen functional groups attached to an aromatic ring is 1. The molecule has 1 aromatic heterocycles. The van der Waals surface area contributed by atoms with Crippen LogP contribution in [-0.2, 0) is 20.9 Å². The van der Waals surface area contributed by atoms with Gasteiger partial charge >= 0.3 is 6.18 Å². The minimum atomic E-state index is -4.60. The zero-order valence-electron chi connectivity index (χ0n) is 21.6. The summed E-state index contributed by atoms with van der Waals surface area (Å²) >= 11 is 0. The van der Waals surface area contributed by atoms with E-state index in [1.165, 1.54) is 32.0 Å². The van der Waals surface area contributed by atoms with E-state index in [1.807, 2.05) is 0 Å². The van der Waals surface area contributed by atoms with E-state index in [0.717, 1.165) is 30.9 Å². The lowest BCUT2D eigenvalue weighted by Gasteiger charge is -2.36. The Kier molecular flexibility index (Phi) is 9.71. The predicted molar refractivity (Wildman–Crippen MR) is 136 cm³/mol. The van der Waals surface area contributed by atoms with Crippen molar-refractivity contribution in [2.75, 3.05) is 43.5 Å². The second kappa shape index (κ2) is 11.7. The van der Waals surface area contributed by atoms with Crippen molar-refractivity contribution in [1.29, 1.82) is 0 Å². The number of ether oxygens (including phenoxy) is 1. The highest BCUT2D eigenvalue weighted by Crippen LogP contribution is 2.36. The van der Waals surface area contributed by atoms with Crippen LogP contribution in [0.3, 0.4) is 0 Å². The molecule has 0 bridgehead atoms. The quantitative estimate of drug-likeness (QED) is 0.562. The first-order valence-corrected chi connectivity index (χ1v) is 13.5. The maximum atomic E-state index is 12.8. The minimum Gasteiger partial charge on any atom is -0.382 e. The van der Waals surface area contributed by atoms with Gasteiger partial charge in [-0.15, -0.1) is 10.2 Å². The number of likely N-dealkylation sites (tertiary alicyclic amines) is 1. The molecule has 1 aliphatic rings. The van der Waals surface area contributed by atoms with Gasteiger partial charge in [-0.1, -0.05) is 13.0 Å². The van der Waals surface area contributed by atoms with Crippen LogP contribution in [0.4, 0.5) is 24.7 Å². The number of hydrogen-bond donors (Lipinski definition) is 2. The molecule has 36 heavy (non-hydrogen) atoms. The molecule has 2 aromatic rings. The molecule has 1 aromatic carbocycles. The lowest BCUT2D eigenvalue weighted by Crippen LogP contribution is -2.44. The second-order valence-electron chi connectivity index (χ2n) is 9.88. The van der Waals surface area contributed by atoms with Gasteiger partial charge in [0, 0.05) is 25.8 Å². The first kappa shape index (κ1) is 29.8. The highest BCUT2D eigenvalue weighted by Gasteiger charge is 2.31. The number of methoxy groups -OCH3 is 1. The number of rotatable bonds is 6. The molecule has 202 valence electrons. The monoisotopic (exact) mass is 531 g/mol. The lowest BCUT2D eigenvalue weighted by molar-refractivity contribution is -0.137. The molecule has 1 fully saturated rings. The van der Waals surface area contributed by atoms with E-state index in [0.29, 0.717) is 11.6 Å². The number of nitrogens with one attached hydrogen (secondary N) is 1. The Morgan fingerprint density at radius 2 is 1.89 bits per heavy atom. The topological polar surface area (TPSA) is 110 Å². The Hall–Kier alpha value is -2.44. The second-order valence-corrected chi connectivity index (χ2v) is 11.6. The van der Waals surface area contributed by atoms with Gasteiger partial charge in [0.2, 0.25) is 10.0 Å². The molecule has 1 atom stereocenters. The van der Waals surface area contributed by atoms with Gasteiger partial charge < -0.3 is 15.4 Å². The van der Waals surface area contributed by atoms with Gasteiger partial charge in [-0.25, -0.2) is 8.42 Å². The number of hydrogen-bond acceptors (Lipinski definition) is 7. The molecule has 0 radical (unpaired) electrons. The zero-order chi connectivity index (χ0) is 27.3. The van der Waals surface area contributed by atoms with Crippen LogP contribution in [0, 0.1) is 12.8 Å². The summed E-state index contributed by atoms with van der Waals surface area (Å²) in [5.74, 6) is 1.01. The third kappa shape index (κ3) is 9.21. The summed E-state index contributed by atoms with van der Waals surface area (Å²) in [5, 5.41) is 7.49. The van der Waals surface area contributed by atoms with Crippen LogP contribution in [0.5, 0.6) is 0 Å². The average Bonchev–Trinajstić information content (AvgIpc) is 2.72. The molecular formula is C24H36F3N5O3S. The molecule has 1 aliphatic heterocycles. The number of aromatic nitrogens is 2. The molecule has 0 spiro atoms. The number of alkyl halides is 3. The van der Waals surface area contributed by atoms with Crippen LogP contribution in [0.25, 0.3) is 11.3 Å². The van der Waals surface area contributed by atoms with Crippen molar-refractivity contribution in [3.63, 3.8) is 0 Å². The number of benzene rings is 1. The van der Waals surface area contributed by atoms with Gasteiger partial charge in [-0.3, -0.25) is 4.72 Å². The van der Waals surface area contributed by atoms with Crippen LogP contribution in [-0.4, -0.2) is 62.1 Å². The normalized spacial score (nSPS) is 17.3. The van der Waals surface area contributed by atoms with E-state index in [2.05, 4.69) is 40.6 Å². The van der Waals surface area contributed by atoms with Gasteiger partial charge in [0.15, 0.2) is 0 Å². The summed E-state index contributed by atoms with van der Waals surface area (Å²) in [6, 6.07) is 4.20. The van der Waals surface area contributed by atoms with E-state index >= 15 is 0 Å². The molecule has 3 rings (SSSR count).